The average molecular weight is 652 g/mol. The molecule has 2 aromatic rings. The Hall–Kier alpha value is -4.01. The molecule has 0 saturated carbocycles. The summed E-state index contributed by atoms with van der Waals surface area (Å²) in [5.74, 6) is -1.60. The standard InChI is InChI=1S/C15H19F3N2O2.C10H10F3NO2.C5H10O2/c1-9-12(14(21)22-2)7-10(15(16,17)18)8-13(9)20-11-3-5-19-6-4-11;1-5-7(9(15)16-2)3-6(4-8(5)14)10(11,12)13;1-5(2,3)7-4-6/h7-8,11,19-20H,3-6H2,1-2H3;3-4H,14H2,1-2H3;4H,1-3H3. The zero-order valence-electron chi connectivity index (χ0n) is 26.1. The van der Waals surface area contributed by atoms with Crippen molar-refractivity contribution in [2.24, 2.45) is 0 Å². The number of hydrogen-bond donors (Lipinski definition) is 3. The molecule has 252 valence electrons. The van der Waals surface area contributed by atoms with Crippen LogP contribution < -0.4 is 16.4 Å². The van der Waals surface area contributed by atoms with Crippen LogP contribution in [0.15, 0.2) is 24.3 Å². The number of piperidine rings is 1. The molecular formula is C30H39F6N3O6. The van der Waals surface area contributed by atoms with E-state index in [0.29, 0.717) is 17.7 Å². The van der Waals surface area contributed by atoms with Crippen LogP contribution in [0.2, 0.25) is 0 Å². The summed E-state index contributed by atoms with van der Waals surface area (Å²) in [7, 11) is 2.25. The third kappa shape index (κ3) is 12.5. The van der Waals surface area contributed by atoms with Crippen molar-refractivity contribution in [1.29, 1.82) is 0 Å². The van der Waals surface area contributed by atoms with Gasteiger partial charge in [0.2, 0.25) is 0 Å². The van der Waals surface area contributed by atoms with Gasteiger partial charge in [0.05, 0.1) is 36.5 Å². The van der Waals surface area contributed by atoms with Gasteiger partial charge < -0.3 is 30.6 Å². The van der Waals surface area contributed by atoms with E-state index in [-0.39, 0.29) is 34.0 Å². The molecule has 0 aliphatic carbocycles. The zero-order chi connectivity index (χ0) is 34.8. The summed E-state index contributed by atoms with van der Waals surface area (Å²) in [4.78, 5) is 32.5. The van der Waals surface area contributed by atoms with Gasteiger partial charge in [-0.1, -0.05) is 0 Å². The maximum absolute atomic E-state index is 13.0. The highest BCUT2D eigenvalue weighted by Gasteiger charge is 2.34. The molecule has 0 bridgehead atoms. The summed E-state index contributed by atoms with van der Waals surface area (Å²) in [6.07, 6.45) is -7.40. The van der Waals surface area contributed by atoms with Crippen molar-refractivity contribution in [3.8, 4) is 0 Å². The number of alkyl halides is 6. The van der Waals surface area contributed by atoms with Crippen molar-refractivity contribution < 1.29 is 54.9 Å². The van der Waals surface area contributed by atoms with Crippen LogP contribution in [0.1, 0.15) is 76.6 Å². The molecule has 1 aliphatic heterocycles. The summed E-state index contributed by atoms with van der Waals surface area (Å²) in [6, 6.07) is 3.52. The van der Waals surface area contributed by atoms with Gasteiger partial charge in [0, 0.05) is 17.4 Å². The van der Waals surface area contributed by atoms with Gasteiger partial charge in [0.15, 0.2) is 0 Å². The van der Waals surface area contributed by atoms with Crippen molar-refractivity contribution in [2.45, 2.75) is 71.5 Å². The predicted octanol–water partition coefficient (Wildman–Crippen LogP) is 6.30. The molecule has 45 heavy (non-hydrogen) atoms. The summed E-state index contributed by atoms with van der Waals surface area (Å²) in [5.41, 5.74) is 4.03. The second kappa shape index (κ2) is 16.3. The molecule has 0 radical (unpaired) electrons. The molecule has 3 rings (SSSR count). The van der Waals surface area contributed by atoms with Crippen LogP contribution in [-0.2, 0) is 31.4 Å². The minimum Gasteiger partial charge on any atom is -0.465 e. The molecule has 0 aromatic heterocycles. The van der Waals surface area contributed by atoms with Gasteiger partial charge in [0.25, 0.3) is 6.47 Å². The van der Waals surface area contributed by atoms with E-state index in [1.807, 2.05) is 20.8 Å². The quantitative estimate of drug-likeness (QED) is 0.112. The highest BCUT2D eigenvalue weighted by molar-refractivity contribution is 5.93. The smallest absolute Gasteiger partial charge is 0.416 e. The van der Waals surface area contributed by atoms with Crippen molar-refractivity contribution in [3.63, 3.8) is 0 Å². The fraction of sp³-hybridized carbons (Fsp3) is 0.500. The van der Waals surface area contributed by atoms with E-state index in [2.05, 4.69) is 24.8 Å². The average Bonchev–Trinajstić information content (AvgIpc) is 2.94. The lowest BCUT2D eigenvalue weighted by atomic mass is 10.00. The van der Waals surface area contributed by atoms with E-state index in [9.17, 15) is 40.7 Å². The van der Waals surface area contributed by atoms with E-state index in [0.717, 1.165) is 64.4 Å². The van der Waals surface area contributed by atoms with E-state index in [1.54, 1.807) is 6.92 Å². The van der Waals surface area contributed by atoms with Crippen LogP contribution in [0, 0.1) is 13.8 Å². The first-order valence-electron chi connectivity index (χ1n) is 13.6. The minimum absolute atomic E-state index is 0.0613. The van der Waals surface area contributed by atoms with Crippen LogP contribution in [0.5, 0.6) is 0 Å². The third-order valence-corrected chi connectivity index (χ3v) is 6.42. The van der Waals surface area contributed by atoms with Gasteiger partial charge in [-0.3, -0.25) is 4.79 Å². The van der Waals surface area contributed by atoms with Crippen molar-refractivity contribution in [1.82, 2.24) is 5.32 Å². The molecule has 0 spiro atoms. The molecule has 1 fully saturated rings. The number of ether oxygens (including phenoxy) is 3. The first-order chi connectivity index (χ1) is 20.7. The number of esters is 2. The van der Waals surface area contributed by atoms with Gasteiger partial charge in [-0.2, -0.15) is 26.3 Å². The van der Waals surface area contributed by atoms with Crippen LogP contribution in [0.3, 0.4) is 0 Å². The molecule has 1 saturated heterocycles. The first-order valence-corrected chi connectivity index (χ1v) is 13.6. The molecule has 1 heterocycles. The summed E-state index contributed by atoms with van der Waals surface area (Å²) < 4.78 is 89.9. The predicted molar refractivity (Wildman–Crippen MR) is 156 cm³/mol. The maximum atomic E-state index is 13.0. The van der Waals surface area contributed by atoms with Gasteiger partial charge >= 0.3 is 24.3 Å². The number of carbonyl (C=O) groups excluding carboxylic acids is 3. The topological polar surface area (TPSA) is 129 Å². The van der Waals surface area contributed by atoms with E-state index < -0.39 is 35.4 Å². The Balaban J connectivity index is 0.000000385. The fourth-order valence-electron chi connectivity index (χ4n) is 3.90. The molecule has 15 heteroatoms. The lowest BCUT2D eigenvalue weighted by Crippen LogP contribution is -2.35. The molecular weight excluding hydrogens is 612 g/mol. The molecule has 2 aromatic carbocycles. The number of rotatable bonds is 5. The Kier molecular flexibility index (Phi) is 14.2. The van der Waals surface area contributed by atoms with Crippen LogP contribution in [-0.4, -0.2) is 57.4 Å². The van der Waals surface area contributed by atoms with Gasteiger partial charge in [-0.05, 0) is 95.9 Å². The second-order valence-corrected chi connectivity index (χ2v) is 10.9. The second-order valence-electron chi connectivity index (χ2n) is 10.9. The number of anilines is 2. The van der Waals surface area contributed by atoms with Gasteiger partial charge in [0.1, 0.15) is 5.60 Å². The molecule has 0 unspecified atom stereocenters. The minimum atomic E-state index is -4.54. The van der Waals surface area contributed by atoms with Crippen molar-refractivity contribution >= 4 is 29.8 Å². The summed E-state index contributed by atoms with van der Waals surface area (Å²) >= 11 is 0. The molecule has 1 aliphatic rings. The lowest BCUT2D eigenvalue weighted by Gasteiger charge is -2.26. The molecule has 4 N–H and O–H groups in total. The Morgan fingerprint density at radius 3 is 1.67 bits per heavy atom. The maximum Gasteiger partial charge on any atom is 0.416 e. The van der Waals surface area contributed by atoms with E-state index in [1.165, 1.54) is 6.92 Å². The van der Waals surface area contributed by atoms with Gasteiger partial charge in [-0.25, -0.2) is 9.59 Å². The summed E-state index contributed by atoms with van der Waals surface area (Å²) in [6.45, 7) is 10.6. The summed E-state index contributed by atoms with van der Waals surface area (Å²) in [5, 5.41) is 6.33. The van der Waals surface area contributed by atoms with Crippen molar-refractivity contribution in [3.05, 3.63) is 57.6 Å². The monoisotopic (exact) mass is 651 g/mol. The Labute approximate surface area is 257 Å². The van der Waals surface area contributed by atoms with E-state index >= 15 is 0 Å². The normalized spacial score (nSPS) is 13.7. The SMILES string of the molecule is CC(C)(C)OC=O.COC(=O)c1cc(C(F)(F)F)cc(N)c1C.COC(=O)c1cc(C(F)(F)F)cc(NC2CCNCC2)c1C. The number of nitrogens with one attached hydrogen (secondary N) is 2. The van der Waals surface area contributed by atoms with Crippen LogP contribution in [0.25, 0.3) is 0 Å². The van der Waals surface area contributed by atoms with Crippen LogP contribution in [0.4, 0.5) is 37.7 Å². The highest BCUT2D eigenvalue weighted by Crippen LogP contribution is 2.35. The Morgan fingerprint density at radius 2 is 1.29 bits per heavy atom. The first kappa shape index (κ1) is 39.0. The number of hydrogen-bond acceptors (Lipinski definition) is 9. The Morgan fingerprint density at radius 1 is 0.844 bits per heavy atom. The molecule has 0 atom stereocenters. The number of carbonyl (C=O) groups is 3. The molecule has 9 nitrogen and oxygen atoms in total. The van der Waals surface area contributed by atoms with E-state index in [4.69, 9.17) is 5.73 Å². The number of halogens is 6. The number of nitrogens with two attached hydrogens (primary N) is 1. The number of benzene rings is 2. The van der Waals surface area contributed by atoms with Gasteiger partial charge in [-0.15, -0.1) is 0 Å². The highest BCUT2D eigenvalue weighted by atomic mass is 19.4. The van der Waals surface area contributed by atoms with Crippen LogP contribution >= 0.6 is 0 Å². The Bertz CT molecular complexity index is 1320. The largest absolute Gasteiger partial charge is 0.465 e. The number of nitrogen functional groups attached to an aromatic ring is 1. The fourth-order valence-corrected chi connectivity index (χ4v) is 3.90. The molecule has 0 amide bonds. The number of methoxy groups -OCH3 is 2. The third-order valence-electron chi connectivity index (χ3n) is 6.42. The van der Waals surface area contributed by atoms with Crippen molar-refractivity contribution in [2.75, 3.05) is 38.4 Å². The zero-order valence-corrected chi connectivity index (χ0v) is 26.1. The lowest BCUT2D eigenvalue weighted by molar-refractivity contribution is -0.139.